The highest BCUT2D eigenvalue weighted by Crippen LogP contribution is 2.25. The number of anilines is 1. The Morgan fingerprint density at radius 1 is 1.11 bits per heavy atom. The van der Waals surface area contributed by atoms with E-state index in [0.29, 0.717) is 6.54 Å². The second kappa shape index (κ2) is 6.34. The largest absolute Gasteiger partial charge is 0.380 e. The molecule has 0 atom stereocenters. The fourth-order valence-corrected chi connectivity index (χ4v) is 3.49. The van der Waals surface area contributed by atoms with E-state index >= 15 is 0 Å². The molecule has 0 aliphatic rings. The minimum atomic E-state index is -0.233. The number of benzene rings is 2. The molecule has 0 bridgehead atoms. The van der Waals surface area contributed by atoms with Gasteiger partial charge in [-0.05, 0) is 80.5 Å². The topological polar surface area (TPSA) is 12.0 Å². The van der Waals surface area contributed by atoms with E-state index in [9.17, 15) is 4.39 Å². The van der Waals surface area contributed by atoms with Crippen molar-refractivity contribution >= 4 is 60.1 Å². The van der Waals surface area contributed by atoms with Crippen LogP contribution in [-0.4, -0.2) is 0 Å². The molecule has 2 aromatic carbocycles. The third-order valence-electron chi connectivity index (χ3n) is 2.34. The fraction of sp³-hybridized carbons (Fsp3) is 0.0769. The van der Waals surface area contributed by atoms with Gasteiger partial charge in [0.2, 0.25) is 0 Å². The number of halogens is 4. The smallest absolute Gasteiger partial charge is 0.124 e. The minimum Gasteiger partial charge on any atom is -0.380 e. The molecule has 0 unspecified atom stereocenters. The van der Waals surface area contributed by atoms with E-state index < -0.39 is 0 Å². The van der Waals surface area contributed by atoms with Crippen molar-refractivity contribution < 1.29 is 4.39 Å². The van der Waals surface area contributed by atoms with E-state index in [1.54, 1.807) is 0 Å². The molecule has 0 heterocycles. The molecular weight excluding hydrogens is 476 g/mol. The lowest BCUT2D eigenvalue weighted by Crippen LogP contribution is -2.00. The van der Waals surface area contributed by atoms with Crippen LogP contribution in [0.5, 0.6) is 0 Å². The van der Waals surface area contributed by atoms with Crippen molar-refractivity contribution in [3.63, 3.8) is 0 Å². The zero-order valence-corrected chi connectivity index (χ0v) is 14.5. The van der Waals surface area contributed by atoms with Crippen molar-refractivity contribution in [2.75, 3.05) is 5.32 Å². The van der Waals surface area contributed by atoms with Crippen molar-refractivity contribution in [2.45, 2.75) is 6.54 Å². The van der Waals surface area contributed by atoms with Gasteiger partial charge in [0.1, 0.15) is 5.82 Å². The van der Waals surface area contributed by atoms with Crippen LogP contribution in [0.3, 0.4) is 0 Å². The summed E-state index contributed by atoms with van der Waals surface area (Å²) < 4.78 is 16.1. The SMILES string of the molecule is Fc1cc(Br)cc(CNc2ccc(I)cc2Br)c1. The molecular formula is C13H9Br2FIN. The first kappa shape index (κ1) is 14.3. The van der Waals surface area contributed by atoms with E-state index in [2.05, 4.69) is 59.8 Å². The maximum absolute atomic E-state index is 13.2. The van der Waals surface area contributed by atoms with Gasteiger partial charge in [0.25, 0.3) is 0 Å². The Balaban J connectivity index is 2.11. The average Bonchev–Trinajstić information content (AvgIpc) is 2.26. The molecule has 2 aromatic rings. The molecule has 0 spiro atoms. The summed E-state index contributed by atoms with van der Waals surface area (Å²) >= 11 is 9.04. The van der Waals surface area contributed by atoms with Crippen LogP contribution in [-0.2, 0) is 6.54 Å². The summed E-state index contributed by atoms with van der Waals surface area (Å²) in [6.07, 6.45) is 0. The fourth-order valence-electron chi connectivity index (χ4n) is 1.54. The predicted octanol–water partition coefficient (Wildman–Crippen LogP) is 5.57. The molecule has 0 aliphatic heterocycles. The number of rotatable bonds is 3. The van der Waals surface area contributed by atoms with Gasteiger partial charge in [-0.1, -0.05) is 15.9 Å². The zero-order chi connectivity index (χ0) is 13.1. The Labute approximate surface area is 136 Å². The first-order chi connectivity index (χ1) is 8.54. The Morgan fingerprint density at radius 3 is 2.56 bits per heavy atom. The third-order valence-corrected chi connectivity index (χ3v) is 4.12. The Hall–Kier alpha value is -0.140. The second-order valence-electron chi connectivity index (χ2n) is 3.76. The van der Waals surface area contributed by atoms with Gasteiger partial charge in [0.15, 0.2) is 0 Å². The summed E-state index contributed by atoms with van der Waals surface area (Å²) in [5.74, 6) is -0.233. The minimum absolute atomic E-state index is 0.233. The summed E-state index contributed by atoms with van der Waals surface area (Å²) in [5, 5.41) is 3.27. The molecule has 0 saturated heterocycles. The van der Waals surface area contributed by atoms with Crippen molar-refractivity contribution in [2.24, 2.45) is 0 Å². The molecule has 0 fully saturated rings. The monoisotopic (exact) mass is 483 g/mol. The molecule has 1 N–H and O–H groups in total. The van der Waals surface area contributed by atoms with Crippen molar-refractivity contribution in [3.05, 3.63) is 60.3 Å². The van der Waals surface area contributed by atoms with Gasteiger partial charge in [0, 0.05) is 24.7 Å². The summed E-state index contributed by atoms with van der Waals surface area (Å²) in [4.78, 5) is 0. The van der Waals surface area contributed by atoms with Crippen molar-refractivity contribution in [1.29, 1.82) is 0 Å². The molecule has 5 heteroatoms. The molecule has 0 radical (unpaired) electrons. The van der Waals surface area contributed by atoms with Gasteiger partial charge >= 0.3 is 0 Å². The highest BCUT2D eigenvalue weighted by Gasteiger charge is 2.02. The second-order valence-corrected chi connectivity index (χ2v) is 6.77. The van der Waals surface area contributed by atoms with Gasteiger partial charge in [-0.25, -0.2) is 4.39 Å². The number of nitrogens with one attached hydrogen (secondary N) is 1. The van der Waals surface area contributed by atoms with Crippen LogP contribution in [0.15, 0.2) is 45.3 Å². The standard InChI is InChI=1S/C13H9Br2FIN/c14-9-3-8(4-10(16)5-9)7-18-13-2-1-11(17)6-12(13)15/h1-6,18H,7H2. The molecule has 0 saturated carbocycles. The number of hydrogen-bond acceptors (Lipinski definition) is 1. The van der Waals surface area contributed by atoms with Gasteiger partial charge in [-0.15, -0.1) is 0 Å². The maximum Gasteiger partial charge on any atom is 0.124 e. The van der Waals surface area contributed by atoms with Gasteiger partial charge in [-0.3, -0.25) is 0 Å². The highest BCUT2D eigenvalue weighted by atomic mass is 127. The molecule has 18 heavy (non-hydrogen) atoms. The first-order valence-corrected chi connectivity index (χ1v) is 7.85. The van der Waals surface area contributed by atoms with Crippen LogP contribution in [0.25, 0.3) is 0 Å². The normalized spacial score (nSPS) is 10.4. The Morgan fingerprint density at radius 2 is 1.89 bits per heavy atom. The lowest BCUT2D eigenvalue weighted by molar-refractivity contribution is 0.625. The average molecular weight is 485 g/mol. The third kappa shape index (κ3) is 3.93. The molecule has 0 aliphatic carbocycles. The lowest BCUT2D eigenvalue weighted by atomic mass is 10.2. The van der Waals surface area contributed by atoms with Crippen molar-refractivity contribution in [3.8, 4) is 0 Å². The van der Waals surface area contributed by atoms with E-state index in [-0.39, 0.29) is 5.82 Å². The number of hydrogen-bond donors (Lipinski definition) is 1. The summed E-state index contributed by atoms with van der Waals surface area (Å²) in [5.41, 5.74) is 1.89. The first-order valence-electron chi connectivity index (χ1n) is 5.18. The van der Waals surface area contributed by atoms with Crippen LogP contribution in [0.1, 0.15) is 5.56 Å². The van der Waals surface area contributed by atoms with E-state index in [1.807, 2.05) is 24.3 Å². The van der Waals surface area contributed by atoms with E-state index in [4.69, 9.17) is 0 Å². The van der Waals surface area contributed by atoms with Crippen LogP contribution in [0, 0.1) is 9.39 Å². The molecule has 1 nitrogen and oxygen atoms in total. The summed E-state index contributed by atoms with van der Waals surface area (Å²) in [6.45, 7) is 0.579. The summed E-state index contributed by atoms with van der Waals surface area (Å²) in [7, 11) is 0. The van der Waals surface area contributed by atoms with E-state index in [1.165, 1.54) is 15.7 Å². The quantitative estimate of drug-likeness (QED) is 0.562. The summed E-state index contributed by atoms with van der Waals surface area (Å²) in [6, 6.07) is 10.9. The Bertz CT molecular complexity index is 555. The molecule has 94 valence electrons. The van der Waals surface area contributed by atoms with Crippen LogP contribution in [0.4, 0.5) is 10.1 Å². The van der Waals surface area contributed by atoms with Gasteiger partial charge in [-0.2, -0.15) is 0 Å². The molecule has 2 rings (SSSR count). The van der Waals surface area contributed by atoms with Crippen LogP contribution >= 0.6 is 54.5 Å². The van der Waals surface area contributed by atoms with Gasteiger partial charge < -0.3 is 5.32 Å². The van der Waals surface area contributed by atoms with Crippen LogP contribution < -0.4 is 5.32 Å². The maximum atomic E-state index is 13.2. The highest BCUT2D eigenvalue weighted by molar-refractivity contribution is 14.1. The Kier molecular flexibility index (Phi) is 5.03. The van der Waals surface area contributed by atoms with Crippen LogP contribution in [0.2, 0.25) is 0 Å². The predicted molar refractivity (Wildman–Crippen MR) is 88.3 cm³/mol. The van der Waals surface area contributed by atoms with E-state index in [0.717, 1.165) is 20.2 Å². The zero-order valence-electron chi connectivity index (χ0n) is 9.18. The molecule has 0 aromatic heterocycles. The van der Waals surface area contributed by atoms with Crippen molar-refractivity contribution in [1.82, 2.24) is 0 Å². The molecule has 0 amide bonds. The lowest BCUT2D eigenvalue weighted by Gasteiger charge is -2.09. The van der Waals surface area contributed by atoms with Gasteiger partial charge in [0.05, 0.1) is 0 Å².